The van der Waals surface area contributed by atoms with Gasteiger partial charge in [0.05, 0.1) is 18.8 Å². The Morgan fingerprint density at radius 2 is 1.86 bits per heavy atom. The van der Waals surface area contributed by atoms with E-state index in [0.29, 0.717) is 12.1 Å². The number of carboxylic acids is 2. The van der Waals surface area contributed by atoms with Crippen molar-refractivity contribution in [2.45, 2.75) is 62.7 Å². The first-order valence-electron chi connectivity index (χ1n) is 11.6. The standard InChI is InChI=1S/C21H33N9O7/c22-12(8-16(31)32)17(33)28-13(3-1-5-26-21(23)24)18(34)29-14(7-11-9-25-10-27-11)19(35)30-6-2-4-15(30)20(36)37/h9-10,12-15H,1-8,22H2,(H,25,27)(H,28,33)(H,29,34)(H,31,32)(H,36,37)(H4,23,24,26). The number of carbonyl (C=O) groups excluding carboxylic acids is 3. The van der Waals surface area contributed by atoms with Crippen LogP contribution in [0.2, 0.25) is 0 Å². The monoisotopic (exact) mass is 523 g/mol. The number of nitrogens with zero attached hydrogens (tertiary/aromatic N) is 3. The highest BCUT2D eigenvalue weighted by atomic mass is 16.4. The third-order valence-electron chi connectivity index (χ3n) is 5.72. The lowest BCUT2D eigenvalue weighted by Crippen LogP contribution is -2.57. The third kappa shape index (κ3) is 9.06. The lowest BCUT2D eigenvalue weighted by molar-refractivity contribution is -0.149. The van der Waals surface area contributed by atoms with Gasteiger partial charge in [0.25, 0.3) is 0 Å². The molecule has 1 saturated heterocycles. The maximum absolute atomic E-state index is 13.3. The topological polar surface area (TPSA) is 272 Å². The molecule has 0 bridgehead atoms. The number of carboxylic acid groups (broad SMARTS) is 2. The van der Waals surface area contributed by atoms with Crippen LogP contribution >= 0.6 is 0 Å². The highest BCUT2D eigenvalue weighted by Crippen LogP contribution is 2.19. The Morgan fingerprint density at radius 1 is 1.16 bits per heavy atom. The second-order valence-corrected chi connectivity index (χ2v) is 8.58. The number of hydrogen-bond donors (Lipinski definition) is 8. The first-order valence-corrected chi connectivity index (χ1v) is 11.6. The summed E-state index contributed by atoms with van der Waals surface area (Å²) in [4.78, 5) is 73.3. The van der Waals surface area contributed by atoms with Gasteiger partial charge in [0.2, 0.25) is 17.7 Å². The zero-order valence-electron chi connectivity index (χ0n) is 20.1. The molecule has 3 amide bonds. The van der Waals surface area contributed by atoms with E-state index in [1.165, 1.54) is 17.4 Å². The number of aromatic nitrogens is 2. The van der Waals surface area contributed by atoms with Crippen LogP contribution in [0.25, 0.3) is 0 Å². The van der Waals surface area contributed by atoms with Gasteiger partial charge < -0.3 is 47.9 Å². The fourth-order valence-electron chi connectivity index (χ4n) is 3.91. The summed E-state index contributed by atoms with van der Waals surface area (Å²) in [5.41, 5.74) is 16.7. The Kier molecular flexibility index (Phi) is 10.8. The molecular formula is C21H33N9O7. The van der Waals surface area contributed by atoms with Crippen molar-refractivity contribution in [3.05, 3.63) is 18.2 Å². The molecular weight excluding hydrogens is 490 g/mol. The molecule has 0 aliphatic carbocycles. The van der Waals surface area contributed by atoms with E-state index in [-0.39, 0.29) is 44.7 Å². The maximum atomic E-state index is 13.3. The molecule has 4 unspecified atom stereocenters. The van der Waals surface area contributed by atoms with Gasteiger partial charge in [-0.2, -0.15) is 0 Å². The van der Waals surface area contributed by atoms with E-state index < -0.39 is 60.2 Å². The number of aliphatic carboxylic acids is 2. The molecule has 0 spiro atoms. The highest BCUT2D eigenvalue weighted by Gasteiger charge is 2.38. The summed E-state index contributed by atoms with van der Waals surface area (Å²) in [5.74, 6) is -4.80. The van der Waals surface area contributed by atoms with Gasteiger partial charge in [-0.3, -0.25) is 24.2 Å². The Labute approximate surface area is 212 Å². The molecule has 4 atom stereocenters. The molecule has 1 fully saturated rings. The van der Waals surface area contributed by atoms with Crippen molar-refractivity contribution in [3.63, 3.8) is 0 Å². The van der Waals surface area contributed by atoms with Gasteiger partial charge in [0.15, 0.2) is 5.96 Å². The summed E-state index contributed by atoms with van der Waals surface area (Å²) in [5, 5.41) is 23.4. The molecule has 1 aliphatic rings. The van der Waals surface area contributed by atoms with Crippen LogP contribution in [0.4, 0.5) is 0 Å². The smallest absolute Gasteiger partial charge is 0.326 e. The third-order valence-corrected chi connectivity index (χ3v) is 5.72. The molecule has 2 heterocycles. The fourth-order valence-corrected chi connectivity index (χ4v) is 3.91. The number of aliphatic imine (C=N–C) groups is 1. The molecule has 1 aliphatic heterocycles. The number of amides is 3. The van der Waals surface area contributed by atoms with Crippen LogP contribution < -0.4 is 27.8 Å². The Morgan fingerprint density at radius 3 is 2.46 bits per heavy atom. The van der Waals surface area contributed by atoms with E-state index in [2.05, 4.69) is 25.6 Å². The normalized spacial score (nSPS) is 17.3. The largest absolute Gasteiger partial charge is 0.481 e. The second kappa shape index (κ2) is 13.8. The summed E-state index contributed by atoms with van der Waals surface area (Å²) < 4.78 is 0. The van der Waals surface area contributed by atoms with Crippen LogP contribution in [-0.4, -0.2) is 98.0 Å². The fraction of sp³-hybridized carbons (Fsp3) is 0.571. The number of hydrogen-bond acceptors (Lipinski definition) is 8. The summed E-state index contributed by atoms with van der Waals surface area (Å²) >= 11 is 0. The second-order valence-electron chi connectivity index (χ2n) is 8.58. The van der Waals surface area contributed by atoms with E-state index >= 15 is 0 Å². The van der Waals surface area contributed by atoms with Crippen LogP contribution in [-0.2, 0) is 30.4 Å². The van der Waals surface area contributed by atoms with Gasteiger partial charge in [-0.05, 0) is 25.7 Å². The molecule has 0 radical (unpaired) electrons. The Hall–Kier alpha value is -4.21. The number of nitrogens with two attached hydrogens (primary N) is 3. The first kappa shape index (κ1) is 29.0. The Balaban J connectivity index is 2.22. The van der Waals surface area contributed by atoms with Crippen molar-refractivity contribution >= 4 is 35.6 Å². The minimum absolute atomic E-state index is 0.0133. The van der Waals surface area contributed by atoms with Gasteiger partial charge in [-0.15, -0.1) is 0 Å². The lowest BCUT2D eigenvalue weighted by Gasteiger charge is -2.28. The van der Waals surface area contributed by atoms with Crippen molar-refractivity contribution < 1.29 is 34.2 Å². The zero-order chi connectivity index (χ0) is 27.5. The number of aromatic amines is 1. The quantitative estimate of drug-likeness (QED) is 0.0685. The van der Waals surface area contributed by atoms with Gasteiger partial charge in [-0.1, -0.05) is 0 Å². The van der Waals surface area contributed by atoms with Crippen molar-refractivity contribution in [1.29, 1.82) is 0 Å². The number of guanidine groups is 1. The number of likely N-dealkylation sites (tertiary alicyclic amines) is 1. The highest BCUT2D eigenvalue weighted by molar-refractivity contribution is 5.95. The van der Waals surface area contributed by atoms with Gasteiger partial charge in [0.1, 0.15) is 18.1 Å². The molecule has 37 heavy (non-hydrogen) atoms. The van der Waals surface area contributed by atoms with E-state index in [4.69, 9.17) is 22.3 Å². The van der Waals surface area contributed by atoms with E-state index in [1.54, 1.807) is 0 Å². The summed E-state index contributed by atoms with van der Waals surface area (Å²) in [7, 11) is 0. The van der Waals surface area contributed by atoms with Gasteiger partial charge in [-0.25, -0.2) is 9.78 Å². The van der Waals surface area contributed by atoms with E-state index in [1.807, 2.05) is 0 Å². The molecule has 16 nitrogen and oxygen atoms in total. The van der Waals surface area contributed by atoms with E-state index in [0.717, 1.165) is 0 Å². The predicted molar refractivity (Wildman–Crippen MR) is 129 cm³/mol. The molecule has 1 aromatic rings. The average Bonchev–Trinajstić information content (AvgIpc) is 3.51. The van der Waals surface area contributed by atoms with Crippen molar-refractivity contribution in [3.8, 4) is 0 Å². The minimum Gasteiger partial charge on any atom is -0.481 e. The van der Waals surface area contributed by atoms with Crippen LogP contribution in [0.1, 0.15) is 37.8 Å². The molecule has 204 valence electrons. The van der Waals surface area contributed by atoms with Gasteiger partial charge in [0, 0.05) is 31.4 Å². The summed E-state index contributed by atoms with van der Waals surface area (Å²) in [6, 6.07) is -4.79. The maximum Gasteiger partial charge on any atom is 0.326 e. The number of imidazole rings is 1. The van der Waals surface area contributed by atoms with Gasteiger partial charge >= 0.3 is 11.9 Å². The number of nitrogens with one attached hydrogen (secondary N) is 3. The van der Waals surface area contributed by atoms with Crippen molar-refractivity contribution in [1.82, 2.24) is 25.5 Å². The van der Waals surface area contributed by atoms with Crippen LogP contribution in [0.3, 0.4) is 0 Å². The predicted octanol–water partition coefficient (Wildman–Crippen LogP) is -3.15. The number of carbonyl (C=O) groups is 5. The minimum atomic E-state index is -1.41. The lowest BCUT2D eigenvalue weighted by atomic mass is 10.1. The molecule has 0 aromatic carbocycles. The summed E-state index contributed by atoms with van der Waals surface area (Å²) in [6.45, 7) is 0.363. The average molecular weight is 524 g/mol. The molecule has 11 N–H and O–H groups in total. The van der Waals surface area contributed by atoms with Crippen LogP contribution in [0.5, 0.6) is 0 Å². The van der Waals surface area contributed by atoms with Crippen molar-refractivity contribution in [2.24, 2.45) is 22.2 Å². The zero-order valence-corrected chi connectivity index (χ0v) is 20.1. The summed E-state index contributed by atoms with van der Waals surface area (Å²) in [6.07, 6.45) is 3.28. The number of H-pyrrole nitrogens is 1. The molecule has 1 aromatic heterocycles. The first-order chi connectivity index (χ1) is 17.5. The number of rotatable bonds is 14. The molecule has 2 rings (SSSR count). The molecule has 16 heteroatoms. The SMILES string of the molecule is NC(N)=NCCCC(NC(=O)C(N)CC(=O)O)C(=O)NC(Cc1cnc[nH]1)C(=O)N1CCCC1C(=O)O. The van der Waals surface area contributed by atoms with Crippen LogP contribution in [0.15, 0.2) is 17.5 Å². The molecule has 0 saturated carbocycles. The van der Waals surface area contributed by atoms with Crippen molar-refractivity contribution in [2.75, 3.05) is 13.1 Å². The van der Waals surface area contributed by atoms with Crippen LogP contribution in [0, 0.1) is 0 Å². The Bertz CT molecular complexity index is 995. The van der Waals surface area contributed by atoms with E-state index in [9.17, 15) is 29.1 Å².